The Morgan fingerprint density at radius 2 is 0.767 bits per heavy atom. The number of fused-ring (bicyclic) bond motifs is 13. The van der Waals surface area contributed by atoms with Gasteiger partial charge in [-0.1, -0.05) is 48.5 Å². The highest BCUT2D eigenvalue weighted by atomic mass is 16.7. The Labute approximate surface area is 342 Å². The van der Waals surface area contributed by atoms with Gasteiger partial charge in [-0.25, -0.2) is 0 Å². The van der Waals surface area contributed by atoms with Crippen LogP contribution in [0.3, 0.4) is 0 Å². The van der Waals surface area contributed by atoms with Crippen LogP contribution in [0.1, 0.15) is 0 Å². The van der Waals surface area contributed by atoms with Gasteiger partial charge in [-0.2, -0.15) is 0 Å². The van der Waals surface area contributed by atoms with E-state index in [2.05, 4.69) is 143 Å². The summed E-state index contributed by atoms with van der Waals surface area (Å²) in [6, 6.07) is 58.8. The van der Waals surface area contributed by atoms with Crippen molar-refractivity contribution in [3.63, 3.8) is 0 Å². The van der Waals surface area contributed by atoms with Gasteiger partial charge in [0, 0.05) is 61.8 Å². The van der Waals surface area contributed by atoms with Crippen LogP contribution in [0.25, 0.3) is 65.4 Å². The molecule has 0 bridgehead atoms. The quantitative estimate of drug-likeness (QED) is 0.165. The van der Waals surface area contributed by atoms with Crippen LogP contribution in [0.2, 0.25) is 0 Å². The Bertz CT molecular complexity index is 3520. The number of ether oxygens (including phenoxy) is 4. The van der Waals surface area contributed by atoms with E-state index < -0.39 is 0 Å². The molecule has 8 heteroatoms. The molecule has 4 heterocycles. The van der Waals surface area contributed by atoms with Crippen LogP contribution >= 0.6 is 0 Å². The second-order valence-corrected chi connectivity index (χ2v) is 15.1. The van der Waals surface area contributed by atoms with Gasteiger partial charge in [0.1, 0.15) is 22.3 Å². The Hall–Kier alpha value is -8.10. The zero-order valence-electron chi connectivity index (χ0n) is 31.9. The van der Waals surface area contributed by atoms with Crippen molar-refractivity contribution in [2.75, 3.05) is 23.4 Å². The molecule has 0 fully saturated rings. The Balaban J connectivity index is 0.930. The maximum Gasteiger partial charge on any atom is 0.231 e. The van der Waals surface area contributed by atoms with Crippen molar-refractivity contribution in [2.45, 2.75) is 0 Å². The highest BCUT2D eigenvalue weighted by Gasteiger charge is 2.23. The molecule has 60 heavy (non-hydrogen) atoms. The second-order valence-electron chi connectivity index (χ2n) is 15.1. The Morgan fingerprint density at radius 1 is 0.317 bits per heavy atom. The molecule has 0 radical (unpaired) electrons. The van der Waals surface area contributed by atoms with Crippen molar-refractivity contribution < 1.29 is 27.8 Å². The minimum atomic E-state index is 0.226. The van der Waals surface area contributed by atoms with Crippen LogP contribution < -0.4 is 28.7 Å². The van der Waals surface area contributed by atoms with E-state index in [9.17, 15) is 0 Å². The fraction of sp³-hybridized carbons (Fsp3) is 0.0385. The van der Waals surface area contributed by atoms with Crippen LogP contribution in [0.15, 0.2) is 179 Å². The maximum atomic E-state index is 6.93. The van der Waals surface area contributed by atoms with Crippen LogP contribution in [0.5, 0.6) is 23.0 Å². The summed E-state index contributed by atoms with van der Waals surface area (Å²) in [6.07, 6.45) is 0. The predicted molar refractivity (Wildman–Crippen MR) is 238 cm³/mol. The van der Waals surface area contributed by atoms with Gasteiger partial charge < -0.3 is 37.6 Å². The van der Waals surface area contributed by atoms with Gasteiger partial charge >= 0.3 is 0 Å². The number of furan rings is 2. The van der Waals surface area contributed by atoms with Crippen LogP contribution in [-0.4, -0.2) is 13.6 Å². The summed E-state index contributed by atoms with van der Waals surface area (Å²) >= 11 is 0. The zero-order valence-corrected chi connectivity index (χ0v) is 31.9. The lowest BCUT2D eigenvalue weighted by Gasteiger charge is -2.26. The molecular weight excluding hydrogens is 749 g/mol. The van der Waals surface area contributed by atoms with Gasteiger partial charge in [-0.05, 0) is 120 Å². The molecule has 2 aliphatic rings. The number of anilines is 6. The van der Waals surface area contributed by atoms with Crippen molar-refractivity contribution in [1.82, 2.24) is 0 Å². The first kappa shape index (κ1) is 32.9. The lowest BCUT2D eigenvalue weighted by molar-refractivity contribution is 0.173. The highest BCUT2D eigenvalue weighted by Crippen LogP contribution is 2.47. The van der Waals surface area contributed by atoms with Crippen molar-refractivity contribution >= 4 is 99.5 Å². The highest BCUT2D eigenvalue weighted by molar-refractivity contribution is 6.27. The van der Waals surface area contributed by atoms with Gasteiger partial charge in [-0.3, -0.25) is 0 Å². The number of hydrogen-bond donors (Lipinski definition) is 0. The molecule has 2 aliphatic heterocycles. The third kappa shape index (κ3) is 4.97. The molecule has 286 valence electrons. The van der Waals surface area contributed by atoms with Gasteiger partial charge in [0.15, 0.2) is 23.0 Å². The Morgan fingerprint density at radius 3 is 1.35 bits per heavy atom. The normalized spacial score (nSPS) is 13.1. The fourth-order valence-corrected chi connectivity index (χ4v) is 9.02. The summed E-state index contributed by atoms with van der Waals surface area (Å²) in [4.78, 5) is 4.46. The largest absolute Gasteiger partial charge is 0.455 e. The van der Waals surface area contributed by atoms with Crippen molar-refractivity contribution in [3.8, 4) is 23.0 Å². The molecule has 0 unspecified atom stereocenters. The summed E-state index contributed by atoms with van der Waals surface area (Å²) < 4.78 is 36.4. The predicted octanol–water partition coefficient (Wildman–Crippen LogP) is 14.2. The number of para-hydroxylation sites is 2. The van der Waals surface area contributed by atoms with E-state index in [4.69, 9.17) is 27.8 Å². The van der Waals surface area contributed by atoms with E-state index in [0.29, 0.717) is 0 Å². The molecule has 0 atom stereocenters. The molecular formula is C52H32N2O6. The van der Waals surface area contributed by atoms with E-state index in [-0.39, 0.29) is 13.6 Å². The first-order valence-electron chi connectivity index (χ1n) is 19.9. The summed E-state index contributed by atoms with van der Waals surface area (Å²) in [5.74, 6) is 2.98. The summed E-state index contributed by atoms with van der Waals surface area (Å²) in [6.45, 7) is 0.452. The Kier molecular flexibility index (Phi) is 6.97. The number of hydrogen-bond acceptors (Lipinski definition) is 8. The molecule has 0 saturated carbocycles. The molecule has 8 nitrogen and oxygen atoms in total. The van der Waals surface area contributed by atoms with E-state index in [1.807, 2.05) is 36.4 Å². The average molecular weight is 781 g/mol. The van der Waals surface area contributed by atoms with Crippen molar-refractivity contribution in [2.24, 2.45) is 0 Å². The van der Waals surface area contributed by atoms with E-state index in [1.54, 1.807) is 0 Å². The summed E-state index contributed by atoms with van der Waals surface area (Å²) in [5, 5.41) is 8.30. The molecule has 0 N–H and O–H groups in total. The van der Waals surface area contributed by atoms with Gasteiger partial charge in [-0.15, -0.1) is 0 Å². The fourth-order valence-electron chi connectivity index (χ4n) is 9.02. The van der Waals surface area contributed by atoms with Crippen molar-refractivity contribution in [3.05, 3.63) is 170 Å². The second kappa shape index (κ2) is 12.7. The monoisotopic (exact) mass is 780 g/mol. The third-order valence-corrected chi connectivity index (χ3v) is 11.8. The smallest absolute Gasteiger partial charge is 0.231 e. The minimum absolute atomic E-state index is 0.226. The SMILES string of the molecule is c1ccc(N(c2ccc3c(c2)OCO3)c2ccc3c(ccc4c5ccc6oc7c8ccc(N(c9ccccc9)c9ccc%10c(c9)OCO%10)cc8ccc7c6c5oc34)c2)cc1. The number of nitrogens with zero attached hydrogens (tertiary/aromatic N) is 2. The molecule has 9 aromatic carbocycles. The van der Waals surface area contributed by atoms with Gasteiger partial charge in [0.05, 0.1) is 16.8 Å². The minimum Gasteiger partial charge on any atom is -0.455 e. The molecule has 0 spiro atoms. The topological polar surface area (TPSA) is 69.7 Å². The van der Waals surface area contributed by atoms with E-state index in [0.717, 1.165) is 123 Å². The van der Waals surface area contributed by atoms with Gasteiger partial charge in [0.25, 0.3) is 0 Å². The zero-order chi connectivity index (χ0) is 39.3. The summed E-state index contributed by atoms with van der Waals surface area (Å²) in [7, 11) is 0. The van der Waals surface area contributed by atoms with E-state index >= 15 is 0 Å². The molecule has 13 rings (SSSR count). The lowest BCUT2D eigenvalue weighted by atomic mass is 10.0. The molecule has 0 saturated heterocycles. The average Bonchev–Trinajstić information content (AvgIpc) is 4.12. The number of rotatable bonds is 6. The maximum absolute atomic E-state index is 6.93. The standard InChI is InChI=1S/C52H32N2O6/c1-3-7-33(8-4-1)53(37-15-22-44-47(27-37)57-29-55-44)35-13-19-39-31(25-35)11-17-41-42-21-24-46-49(52(42)60-50(39)41)43-18-12-32-26-36(14-20-40(32)51(43)59-46)54(34-9-5-2-6-10-34)38-16-23-45-48(28-38)58-30-56-45/h1-28H,29-30H2. The van der Waals surface area contributed by atoms with Gasteiger partial charge in [0.2, 0.25) is 13.6 Å². The summed E-state index contributed by atoms with van der Waals surface area (Å²) in [5.41, 5.74) is 9.34. The van der Waals surface area contributed by atoms with Crippen LogP contribution in [-0.2, 0) is 0 Å². The van der Waals surface area contributed by atoms with Crippen LogP contribution in [0.4, 0.5) is 34.1 Å². The third-order valence-electron chi connectivity index (χ3n) is 11.8. The van der Waals surface area contributed by atoms with Crippen molar-refractivity contribution in [1.29, 1.82) is 0 Å². The van der Waals surface area contributed by atoms with Crippen LogP contribution in [0, 0.1) is 0 Å². The first-order chi connectivity index (χ1) is 29.7. The number of benzene rings is 9. The van der Waals surface area contributed by atoms with E-state index in [1.165, 1.54) is 0 Å². The lowest BCUT2D eigenvalue weighted by Crippen LogP contribution is -2.09. The molecule has 2 aromatic heterocycles. The molecule has 11 aromatic rings. The molecule has 0 amide bonds. The molecule has 0 aliphatic carbocycles. The first-order valence-corrected chi connectivity index (χ1v) is 19.9.